The third-order valence-corrected chi connectivity index (χ3v) is 7.14. The molecule has 1 aliphatic heterocycles. The molecular formula is C26H25BrClN5O. The van der Waals surface area contributed by atoms with Gasteiger partial charge in [-0.25, -0.2) is 4.98 Å². The summed E-state index contributed by atoms with van der Waals surface area (Å²) in [4.78, 5) is 19.5. The zero-order valence-corrected chi connectivity index (χ0v) is 21.0. The molecule has 0 saturated carbocycles. The highest BCUT2D eigenvalue weighted by Crippen LogP contribution is 2.31. The number of anilines is 1. The van der Waals surface area contributed by atoms with Gasteiger partial charge < -0.3 is 10.2 Å². The van der Waals surface area contributed by atoms with Crippen molar-refractivity contribution >= 4 is 44.9 Å². The predicted molar refractivity (Wildman–Crippen MR) is 139 cm³/mol. The summed E-state index contributed by atoms with van der Waals surface area (Å²) >= 11 is 10.0. The average Bonchev–Trinajstić information content (AvgIpc) is 3.25. The molecule has 3 heterocycles. The summed E-state index contributed by atoms with van der Waals surface area (Å²) in [7, 11) is 0. The number of hydrogen-bond acceptors (Lipinski definition) is 4. The number of nitrogens with one attached hydrogen (secondary N) is 1. The first-order chi connectivity index (χ1) is 16.6. The highest BCUT2D eigenvalue weighted by atomic mass is 79.9. The Hall–Kier alpha value is -2.90. The molecule has 2 aromatic heterocycles. The van der Waals surface area contributed by atoms with Gasteiger partial charge in [0.25, 0.3) is 0 Å². The van der Waals surface area contributed by atoms with Gasteiger partial charge >= 0.3 is 0 Å². The van der Waals surface area contributed by atoms with Gasteiger partial charge in [0.1, 0.15) is 5.82 Å². The fourth-order valence-electron chi connectivity index (χ4n) is 4.38. The quantitative estimate of drug-likeness (QED) is 0.335. The van der Waals surface area contributed by atoms with E-state index in [2.05, 4.69) is 38.5 Å². The lowest BCUT2D eigenvalue weighted by Gasteiger charge is -2.33. The van der Waals surface area contributed by atoms with Crippen molar-refractivity contribution < 1.29 is 4.79 Å². The highest BCUT2D eigenvalue weighted by Gasteiger charge is 2.24. The first-order valence-corrected chi connectivity index (χ1v) is 12.6. The van der Waals surface area contributed by atoms with Crippen LogP contribution in [0.4, 0.5) is 5.82 Å². The molecular weight excluding hydrogens is 514 g/mol. The SMILES string of the molecule is O=C(CCc1ccccc1)N1CCC(Nc2cc(-c3ccccc3Cl)nc3c(Br)cnn23)CC1. The Morgan fingerprint density at radius 2 is 1.82 bits per heavy atom. The lowest BCUT2D eigenvalue weighted by molar-refractivity contribution is -0.132. The van der Waals surface area contributed by atoms with E-state index in [1.807, 2.05) is 57.9 Å². The van der Waals surface area contributed by atoms with Gasteiger partial charge in [0.05, 0.1) is 16.4 Å². The van der Waals surface area contributed by atoms with Crippen molar-refractivity contribution in [1.29, 1.82) is 0 Å². The van der Waals surface area contributed by atoms with Gasteiger partial charge in [0, 0.05) is 42.2 Å². The number of carbonyl (C=O) groups is 1. The first-order valence-electron chi connectivity index (χ1n) is 11.5. The molecule has 1 aliphatic rings. The van der Waals surface area contributed by atoms with Crippen molar-refractivity contribution in [3.05, 3.63) is 81.9 Å². The van der Waals surface area contributed by atoms with Crippen molar-refractivity contribution in [3.8, 4) is 11.3 Å². The number of benzene rings is 2. The Balaban J connectivity index is 1.27. The third kappa shape index (κ3) is 4.95. The Morgan fingerprint density at radius 3 is 2.59 bits per heavy atom. The van der Waals surface area contributed by atoms with Gasteiger partial charge in [-0.05, 0) is 46.8 Å². The third-order valence-electron chi connectivity index (χ3n) is 6.25. The standard InChI is InChI=1S/C26H25BrClN5O/c27-21-17-29-33-24(16-23(31-26(21)33)20-8-4-5-9-22(20)28)30-19-12-14-32(15-13-19)25(34)11-10-18-6-2-1-3-7-18/h1-9,16-17,19,30H,10-15H2. The summed E-state index contributed by atoms with van der Waals surface area (Å²) in [5, 5.41) is 8.78. The number of nitrogens with zero attached hydrogens (tertiary/aromatic N) is 4. The van der Waals surface area contributed by atoms with E-state index in [9.17, 15) is 4.79 Å². The van der Waals surface area contributed by atoms with Crippen molar-refractivity contribution in [2.75, 3.05) is 18.4 Å². The van der Waals surface area contributed by atoms with Crippen molar-refractivity contribution in [3.63, 3.8) is 0 Å². The number of fused-ring (bicyclic) bond motifs is 1. The van der Waals surface area contributed by atoms with Crippen LogP contribution < -0.4 is 5.32 Å². The van der Waals surface area contributed by atoms with E-state index in [0.29, 0.717) is 11.4 Å². The van der Waals surface area contributed by atoms with Gasteiger partial charge in [0.2, 0.25) is 5.91 Å². The van der Waals surface area contributed by atoms with Crippen molar-refractivity contribution in [1.82, 2.24) is 19.5 Å². The number of amides is 1. The minimum Gasteiger partial charge on any atom is -0.367 e. The zero-order chi connectivity index (χ0) is 23.5. The second kappa shape index (κ2) is 10.2. The number of likely N-dealkylation sites (tertiary alicyclic amines) is 1. The van der Waals surface area contributed by atoms with Crippen LogP contribution in [0.3, 0.4) is 0 Å². The van der Waals surface area contributed by atoms with E-state index in [-0.39, 0.29) is 11.9 Å². The number of rotatable bonds is 6. The van der Waals surface area contributed by atoms with Crippen LogP contribution in [0.1, 0.15) is 24.8 Å². The molecule has 2 aromatic carbocycles. The monoisotopic (exact) mass is 537 g/mol. The fraction of sp³-hybridized carbons (Fsp3) is 0.269. The zero-order valence-electron chi connectivity index (χ0n) is 18.6. The van der Waals surface area contributed by atoms with Gasteiger partial charge in [-0.2, -0.15) is 9.61 Å². The van der Waals surface area contributed by atoms with Crippen LogP contribution in [0.25, 0.3) is 16.9 Å². The largest absolute Gasteiger partial charge is 0.367 e. The van der Waals surface area contributed by atoms with Crippen LogP contribution in [0.15, 0.2) is 71.3 Å². The molecule has 1 saturated heterocycles. The number of piperidine rings is 1. The van der Waals surface area contributed by atoms with Crippen LogP contribution in [0.5, 0.6) is 0 Å². The summed E-state index contributed by atoms with van der Waals surface area (Å²) in [5.41, 5.74) is 3.60. The van der Waals surface area contributed by atoms with Crippen molar-refractivity contribution in [2.24, 2.45) is 0 Å². The van der Waals surface area contributed by atoms with E-state index in [0.717, 1.165) is 59.5 Å². The van der Waals surface area contributed by atoms with Gasteiger partial charge in [-0.1, -0.05) is 60.1 Å². The van der Waals surface area contributed by atoms with Gasteiger partial charge in [-0.15, -0.1) is 0 Å². The van der Waals surface area contributed by atoms with E-state index in [1.165, 1.54) is 5.56 Å². The Bertz CT molecular complexity index is 1300. The number of aryl methyl sites for hydroxylation is 1. The van der Waals surface area contributed by atoms with Crippen molar-refractivity contribution in [2.45, 2.75) is 31.7 Å². The minimum absolute atomic E-state index is 0.227. The molecule has 1 amide bonds. The number of carbonyl (C=O) groups excluding carboxylic acids is 1. The van der Waals surface area contributed by atoms with Crippen LogP contribution in [0.2, 0.25) is 5.02 Å². The number of aromatic nitrogens is 3. The maximum Gasteiger partial charge on any atom is 0.222 e. The van der Waals surface area contributed by atoms with E-state index >= 15 is 0 Å². The summed E-state index contributed by atoms with van der Waals surface area (Å²) in [6.45, 7) is 1.50. The Labute approximate surface area is 212 Å². The molecule has 0 bridgehead atoms. The normalized spacial score (nSPS) is 14.5. The number of halogens is 2. The second-order valence-corrected chi connectivity index (χ2v) is 9.78. The van der Waals surface area contributed by atoms with Gasteiger partial charge in [0.15, 0.2) is 5.65 Å². The molecule has 5 rings (SSSR count). The topological polar surface area (TPSA) is 62.5 Å². The summed E-state index contributed by atoms with van der Waals surface area (Å²) in [6, 6.07) is 20.1. The van der Waals surface area contributed by atoms with E-state index in [1.54, 1.807) is 6.20 Å². The molecule has 8 heteroatoms. The van der Waals surface area contributed by atoms with Crippen LogP contribution in [-0.4, -0.2) is 44.5 Å². The molecule has 0 aliphatic carbocycles. The van der Waals surface area contributed by atoms with E-state index < -0.39 is 0 Å². The van der Waals surface area contributed by atoms with Crippen LogP contribution in [-0.2, 0) is 11.2 Å². The molecule has 0 atom stereocenters. The second-order valence-electron chi connectivity index (χ2n) is 8.52. The molecule has 6 nitrogen and oxygen atoms in total. The molecule has 0 radical (unpaired) electrons. The molecule has 0 spiro atoms. The fourth-order valence-corrected chi connectivity index (χ4v) is 4.96. The average molecular weight is 539 g/mol. The summed E-state index contributed by atoms with van der Waals surface area (Å²) < 4.78 is 2.63. The molecule has 4 aromatic rings. The van der Waals surface area contributed by atoms with Crippen LogP contribution in [0, 0.1) is 0 Å². The summed E-state index contributed by atoms with van der Waals surface area (Å²) in [5.74, 6) is 1.09. The highest BCUT2D eigenvalue weighted by molar-refractivity contribution is 9.10. The lowest BCUT2D eigenvalue weighted by atomic mass is 10.0. The summed E-state index contributed by atoms with van der Waals surface area (Å²) in [6.07, 6.45) is 4.84. The van der Waals surface area contributed by atoms with Crippen LogP contribution >= 0.6 is 27.5 Å². The maximum absolute atomic E-state index is 12.7. The molecule has 0 unspecified atom stereocenters. The van der Waals surface area contributed by atoms with E-state index in [4.69, 9.17) is 16.6 Å². The smallest absolute Gasteiger partial charge is 0.222 e. The maximum atomic E-state index is 12.7. The minimum atomic E-state index is 0.227. The Morgan fingerprint density at radius 1 is 1.09 bits per heavy atom. The van der Waals surface area contributed by atoms with Gasteiger partial charge in [-0.3, -0.25) is 4.79 Å². The molecule has 174 valence electrons. The number of hydrogen-bond donors (Lipinski definition) is 1. The molecule has 1 fully saturated rings. The predicted octanol–water partition coefficient (Wildman–Crippen LogP) is 5.85. The first kappa shape index (κ1) is 22.9. The molecule has 1 N–H and O–H groups in total. The Kier molecular flexibility index (Phi) is 6.83. The molecule has 34 heavy (non-hydrogen) atoms. The lowest BCUT2D eigenvalue weighted by Crippen LogP contribution is -2.42.